The lowest BCUT2D eigenvalue weighted by atomic mass is 9.82. The number of carbonyl (C=O) groups is 2. The molecule has 0 bridgehead atoms. The van der Waals surface area contributed by atoms with Crippen LogP contribution in [0.1, 0.15) is 77.4 Å². The van der Waals surface area contributed by atoms with Crippen LogP contribution in [0, 0.1) is 31.6 Å². The number of nitrogens with zero attached hydrogens (tertiary/aromatic N) is 6. The summed E-state index contributed by atoms with van der Waals surface area (Å²) in [6, 6.07) is 14.2. The molecule has 19 nitrogen and oxygen atoms in total. The molecule has 54 heavy (non-hydrogen) atoms. The van der Waals surface area contributed by atoms with E-state index in [1.54, 1.807) is 27.7 Å². The van der Waals surface area contributed by atoms with Gasteiger partial charge in [0.2, 0.25) is 11.7 Å². The normalized spacial score (nSPS) is 12.6. The summed E-state index contributed by atoms with van der Waals surface area (Å²) in [5.41, 5.74) is 2.41. The molecule has 290 valence electrons. The van der Waals surface area contributed by atoms with Crippen LogP contribution in [0.25, 0.3) is 22.5 Å². The van der Waals surface area contributed by atoms with Crippen LogP contribution in [0.3, 0.4) is 0 Å². The average molecular weight is 754 g/mol. The number of rotatable bonds is 21. The van der Waals surface area contributed by atoms with Crippen LogP contribution in [0.2, 0.25) is 0 Å². The van der Waals surface area contributed by atoms with Gasteiger partial charge >= 0.3 is 11.8 Å². The molecule has 2 aromatic carbocycles. The second-order valence-corrected chi connectivity index (χ2v) is 13.7. The molecule has 2 heterocycles. The highest BCUT2D eigenvalue weighted by atomic mass is 17.0. The first-order valence-electron chi connectivity index (χ1n) is 17.3. The fourth-order valence-corrected chi connectivity index (χ4v) is 6.08. The third-order valence-electron chi connectivity index (χ3n) is 8.49. The van der Waals surface area contributed by atoms with E-state index in [2.05, 4.69) is 30.3 Å². The van der Waals surface area contributed by atoms with Crippen LogP contribution < -0.4 is 5.82 Å². The van der Waals surface area contributed by atoms with E-state index in [1.165, 1.54) is 4.90 Å². The largest absolute Gasteiger partial charge is 0.519 e. The molecule has 0 aliphatic rings. The number of H-pyrrole nitrogens is 1. The second kappa shape index (κ2) is 18.6. The van der Waals surface area contributed by atoms with Crippen molar-refractivity contribution in [1.82, 2.24) is 25.5 Å². The van der Waals surface area contributed by atoms with Crippen molar-refractivity contribution in [2.24, 2.45) is 11.3 Å². The highest BCUT2D eigenvalue weighted by molar-refractivity contribution is 5.85. The van der Waals surface area contributed by atoms with Gasteiger partial charge in [-0.2, -0.15) is 5.21 Å². The number of aromatic nitrogens is 4. The molecule has 4 rings (SSSR count). The van der Waals surface area contributed by atoms with Crippen LogP contribution in [0.5, 0.6) is 0 Å². The van der Waals surface area contributed by atoms with E-state index in [0.29, 0.717) is 12.2 Å². The zero-order chi connectivity index (χ0) is 39.4. The van der Waals surface area contributed by atoms with E-state index < -0.39 is 52.7 Å². The van der Waals surface area contributed by atoms with Gasteiger partial charge in [-0.15, -0.1) is 30.4 Å². The summed E-state index contributed by atoms with van der Waals surface area (Å²) in [5.74, 6) is -2.05. The van der Waals surface area contributed by atoms with Crippen molar-refractivity contribution in [3.05, 3.63) is 96.5 Å². The third-order valence-corrected chi connectivity index (χ3v) is 8.49. The lowest BCUT2D eigenvalue weighted by Gasteiger charge is -2.33. The maximum atomic E-state index is 13.8. The van der Waals surface area contributed by atoms with E-state index in [4.69, 9.17) is 13.6 Å². The van der Waals surface area contributed by atoms with E-state index >= 15 is 0 Å². The number of hydrogen-bond acceptors (Lipinski definition) is 15. The van der Waals surface area contributed by atoms with Gasteiger partial charge in [0.1, 0.15) is 18.8 Å². The summed E-state index contributed by atoms with van der Waals surface area (Å²) in [4.78, 5) is 71.6. The number of nitrogens with one attached hydrogen (secondary N) is 1. The molecule has 0 spiro atoms. The van der Waals surface area contributed by atoms with E-state index in [0.717, 1.165) is 28.7 Å². The van der Waals surface area contributed by atoms with E-state index in [1.807, 2.05) is 55.5 Å². The Morgan fingerprint density at radius 1 is 1.00 bits per heavy atom. The Kier molecular flexibility index (Phi) is 14.0. The van der Waals surface area contributed by atoms with Gasteiger partial charge in [0.15, 0.2) is 18.1 Å². The minimum atomic E-state index is -1.31. The van der Waals surface area contributed by atoms with Crippen molar-refractivity contribution >= 4 is 11.9 Å². The molecule has 1 N–H and O–H groups in total. The number of aromatic amines is 1. The lowest BCUT2D eigenvalue weighted by Crippen LogP contribution is -2.48. The Bertz CT molecular complexity index is 1920. The van der Waals surface area contributed by atoms with Crippen LogP contribution in [-0.4, -0.2) is 66.3 Å². The number of esters is 1. The molecule has 2 atom stereocenters. The molecular weight excluding hydrogens is 710 g/mol. The molecule has 0 saturated carbocycles. The fourth-order valence-electron chi connectivity index (χ4n) is 6.08. The molecule has 0 radical (unpaired) electrons. The first kappa shape index (κ1) is 40.6. The maximum Gasteiger partial charge on any atom is 0.519 e. The summed E-state index contributed by atoms with van der Waals surface area (Å²) in [7, 11) is 0. The number of unbranched alkanes of at least 4 members (excludes halogenated alkanes) is 1. The number of benzene rings is 2. The van der Waals surface area contributed by atoms with Gasteiger partial charge in [-0.3, -0.25) is 4.79 Å². The maximum absolute atomic E-state index is 13.8. The smallest absolute Gasteiger partial charge is 0.456 e. The van der Waals surface area contributed by atoms with Crippen molar-refractivity contribution in [1.29, 1.82) is 0 Å². The third kappa shape index (κ3) is 11.4. The zero-order valence-electron chi connectivity index (χ0n) is 30.6. The average Bonchev–Trinajstić information content (AvgIpc) is 3.77. The predicted molar refractivity (Wildman–Crippen MR) is 188 cm³/mol. The van der Waals surface area contributed by atoms with Crippen LogP contribution in [0.15, 0.2) is 62.2 Å². The van der Waals surface area contributed by atoms with E-state index in [-0.39, 0.29) is 49.2 Å². The number of ether oxygens (including phenoxy) is 1. The minimum absolute atomic E-state index is 0.00539. The molecule has 0 saturated heterocycles. The molecule has 1 amide bonds. The number of carbonyl (C=O) groups excluding carboxylic acids is 2. The van der Waals surface area contributed by atoms with Gasteiger partial charge in [-0.05, 0) is 46.1 Å². The quantitative estimate of drug-likeness (QED) is 0.0659. The Labute approximate surface area is 309 Å². The molecule has 0 aliphatic carbocycles. The minimum Gasteiger partial charge on any atom is -0.456 e. The Hall–Kier alpha value is -6.14. The lowest BCUT2D eigenvalue weighted by molar-refractivity contribution is -0.790. The number of hydrogen-bond donors (Lipinski definition) is 1. The molecule has 0 unspecified atom stereocenters. The van der Waals surface area contributed by atoms with Crippen molar-refractivity contribution in [2.45, 2.75) is 92.0 Å². The highest BCUT2D eigenvalue weighted by Crippen LogP contribution is 2.32. The number of tetrazole rings is 1. The molecule has 4 aromatic rings. The molecule has 0 fully saturated rings. The monoisotopic (exact) mass is 753 g/mol. The Morgan fingerprint density at radius 2 is 1.69 bits per heavy atom. The van der Waals surface area contributed by atoms with Gasteiger partial charge in [0.25, 0.3) is 10.2 Å². The van der Waals surface area contributed by atoms with Gasteiger partial charge in [-0.1, -0.05) is 89.6 Å². The van der Waals surface area contributed by atoms with Gasteiger partial charge < -0.3 is 28.1 Å². The molecule has 0 aliphatic heterocycles. The topological polar surface area (TPSA) is 249 Å². The Balaban J connectivity index is 1.51. The van der Waals surface area contributed by atoms with Gasteiger partial charge in [-0.25, -0.2) is 9.59 Å². The number of amides is 1. The van der Waals surface area contributed by atoms with Crippen molar-refractivity contribution in [3.8, 4) is 22.5 Å². The van der Waals surface area contributed by atoms with Crippen LogP contribution in [-0.2, 0) is 43.6 Å². The summed E-state index contributed by atoms with van der Waals surface area (Å²) in [6.07, 6.45) is 0.121. The van der Waals surface area contributed by atoms with Crippen LogP contribution in [0.4, 0.5) is 0 Å². The summed E-state index contributed by atoms with van der Waals surface area (Å²) >= 11 is 0. The summed E-state index contributed by atoms with van der Waals surface area (Å²) < 4.78 is 16.1. The molecular formula is C35H43N7O12. The predicted octanol–water partition coefficient (Wildman–Crippen LogP) is 5.11. The standard InChI is InChI=1S/C35H43N7O12/c1-6-7-12-30(43)40(19-23-13-15-24(16-14-23)26-10-8-9-11-27(26)32-36-38-39-37-32)31(22(2)3)33(44)50-21-29-28(52-34(45)53-29)18-35(4,5)17-25(54-42(48)49)20-51-41(46)47/h8-11,13-16,22,25,31H,6-7,12,17-21H2,1-5H3,(H,36,37,38,39)/t25-,31+/m1/s1. The van der Waals surface area contributed by atoms with E-state index in [9.17, 15) is 34.6 Å². The zero-order valence-corrected chi connectivity index (χ0v) is 30.6. The van der Waals surface area contributed by atoms with Crippen molar-refractivity contribution in [2.75, 3.05) is 6.61 Å². The highest BCUT2D eigenvalue weighted by Gasteiger charge is 2.35. The molecule has 2 aromatic heterocycles. The second-order valence-electron chi connectivity index (χ2n) is 13.7. The Morgan fingerprint density at radius 3 is 2.30 bits per heavy atom. The summed E-state index contributed by atoms with van der Waals surface area (Å²) in [6.45, 7) is 7.76. The first-order chi connectivity index (χ1) is 25.7. The molecule has 19 heteroatoms. The van der Waals surface area contributed by atoms with Crippen LogP contribution >= 0.6 is 0 Å². The van der Waals surface area contributed by atoms with Gasteiger partial charge in [0, 0.05) is 24.9 Å². The van der Waals surface area contributed by atoms with Crippen molar-refractivity contribution < 1.29 is 43.0 Å². The fraction of sp³-hybridized carbons (Fsp3) is 0.486. The first-order valence-corrected chi connectivity index (χ1v) is 17.3. The van der Waals surface area contributed by atoms with Gasteiger partial charge in [0.05, 0.1) is 0 Å². The SMILES string of the molecule is CCCCC(=O)N(Cc1ccc(-c2ccccc2-c2nn[nH]n2)cc1)[C@H](C(=O)OCc1oc(=O)oc1CC(C)(C)C[C@H](CO[N+](=O)[O-])O[N+](=O)[O-])C(C)C. The van der Waals surface area contributed by atoms with Crippen molar-refractivity contribution in [3.63, 3.8) is 0 Å². The summed E-state index contributed by atoms with van der Waals surface area (Å²) in [5, 5.41) is 33.8.